The Morgan fingerprint density at radius 3 is 2.52 bits per heavy atom. The summed E-state index contributed by atoms with van der Waals surface area (Å²) in [5.74, 6) is 2.79. The highest BCUT2D eigenvalue weighted by Crippen LogP contribution is 2.39. The monoisotopic (exact) mass is 493 g/mol. The van der Waals surface area contributed by atoms with Crippen molar-refractivity contribution in [2.24, 2.45) is 4.99 Å². The molecule has 27 heavy (non-hydrogen) atoms. The summed E-state index contributed by atoms with van der Waals surface area (Å²) in [7, 11) is 4.87. The van der Waals surface area contributed by atoms with Crippen molar-refractivity contribution in [3.63, 3.8) is 0 Å². The normalized spacial score (nSPS) is 16.4. The van der Waals surface area contributed by atoms with Crippen molar-refractivity contribution in [3.05, 3.63) is 17.7 Å². The minimum Gasteiger partial charge on any atom is -0.493 e. The zero-order valence-electron chi connectivity index (χ0n) is 16.7. The lowest BCUT2D eigenvalue weighted by atomic mass is 10.1. The van der Waals surface area contributed by atoms with Crippen LogP contribution in [0, 0.1) is 0 Å². The van der Waals surface area contributed by atoms with Gasteiger partial charge in [0, 0.05) is 25.3 Å². The van der Waals surface area contributed by atoms with Gasteiger partial charge in [0.05, 0.1) is 34.0 Å². The molecule has 1 fully saturated rings. The molecule has 1 unspecified atom stereocenters. The van der Waals surface area contributed by atoms with Gasteiger partial charge >= 0.3 is 0 Å². The molecule has 1 saturated heterocycles. The summed E-state index contributed by atoms with van der Waals surface area (Å²) in [4.78, 5) is 4.62. The molecule has 0 saturated carbocycles. The number of hydrogen-bond donors (Lipinski definition) is 2. The molecule has 0 radical (unpaired) electrons. The number of nitrogens with zero attached hydrogens (tertiary/aromatic N) is 1. The third-order valence-electron chi connectivity index (χ3n) is 4.29. The summed E-state index contributed by atoms with van der Waals surface area (Å²) in [5.41, 5.74) is 1.05. The number of nitrogens with one attached hydrogen (secondary N) is 2. The number of guanidine groups is 1. The van der Waals surface area contributed by atoms with E-state index in [-0.39, 0.29) is 30.1 Å². The highest BCUT2D eigenvalue weighted by atomic mass is 127. The predicted octanol–water partition coefficient (Wildman–Crippen LogP) is 2.61. The Morgan fingerprint density at radius 2 is 1.93 bits per heavy atom. The summed E-state index contributed by atoms with van der Waals surface area (Å²) in [6, 6.07) is 3.89. The summed E-state index contributed by atoms with van der Waals surface area (Å²) in [6.45, 7) is 5.14. The molecule has 1 aromatic carbocycles. The molecule has 0 aromatic heterocycles. The highest BCUT2D eigenvalue weighted by Gasteiger charge is 2.16. The van der Waals surface area contributed by atoms with Gasteiger partial charge in [-0.15, -0.1) is 24.0 Å². The lowest BCUT2D eigenvalue weighted by Gasteiger charge is -2.17. The second-order valence-corrected chi connectivity index (χ2v) is 6.02. The Labute approximate surface area is 179 Å². The molecular weight excluding hydrogens is 461 g/mol. The van der Waals surface area contributed by atoms with E-state index in [4.69, 9.17) is 18.9 Å². The topological polar surface area (TPSA) is 73.3 Å². The van der Waals surface area contributed by atoms with E-state index in [1.807, 2.05) is 12.1 Å². The van der Waals surface area contributed by atoms with Gasteiger partial charge in [-0.1, -0.05) is 6.07 Å². The standard InChI is InChI=1S/C19H31N3O4.HI/c1-5-20-19(22-13-15-7-6-12-26-15)21-11-10-14-8-9-16(23-2)18(25-4)17(14)24-3;/h8-9,15H,5-7,10-13H2,1-4H3,(H2,20,21,22);1H. The number of halogens is 1. The molecule has 2 rings (SSSR count). The van der Waals surface area contributed by atoms with Crippen LogP contribution in [-0.2, 0) is 11.2 Å². The molecule has 1 aromatic rings. The quantitative estimate of drug-likeness (QED) is 0.313. The Hall–Kier alpha value is -1.42. The number of rotatable bonds is 9. The van der Waals surface area contributed by atoms with Crippen LogP contribution in [0.1, 0.15) is 25.3 Å². The zero-order valence-corrected chi connectivity index (χ0v) is 19.0. The first-order chi connectivity index (χ1) is 12.7. The maximum atomic E-state index is 5.63. The van der Waals surface area contributed by atoms with Crippen LogP contribution in [0.3, 0.4) is 0 Å². The number of aliphatic imine (C=N–C) groups is 1. The van der Waals surface area contributed by atoms with Gasteiger partial charge < -0.3 is 29.6 Å². The smallest absolute Gasteiger partial charge is 0.203 e. The number of methoxy groups -OCH3 is 3. The number of ether oxygens (including phenoxy) is 4. The predicted molar refractivity (Wildman–Crippen MR) is 118 cm³/mol. The van der Waals surface area contributed by atoms with Gasteiger partial charge in [0.2, 0.25) is 5.75 Å². The largest absolute Gasteiger partial charge is 0.493 e. The first-order valence-corrected chi connectivity index (χ1v) is 9.15. The van der Waals surface area contributed by atoms with Gasteiger partial charge in [0.25, 0.3) is 0 Å². The second kappa shape index (κ2) is 12.9. The van der Waals surface area contributed by atoms with E-state index in [0.29, 0.717) is 23.8 Å². The van der Waals surface area contributed by atoms with Crippen LogP contribution in [0.5, 0.6) is 17.2 Å². The molecular formula is C19H32IN3O4. The van der Waals surface area contributed by atoms with Gasteiger partial charge in [-0.25, -0.2) is 0 Å². The van der Waals surface area contributed by atoms with Crippen LogP contribution < -0.4 is 24.8 Å². The number of benzene rings is 1. The van der Waals surface area contributed by atoms with Crippen LogP contribution in [0.2, 0.25) is 0 Å². The Bertz CT molecular complexity index is 593. The lowest BCUT2D eigenvalue weighted by Crippen LogP contribution is -2.39. The molecule has 2 N–H and O–H groups in total. The summed E-state index contributed by atoms with van der Waals surface area (Å²) in [6.07, 6.45) is 3.24. The fraction of sp³-hybridized carbons (Fsp3) is 0.632. The highest BCUT2D eigenvalue weighted by molar-refractivity contribution is 14.0. The summed E-state index contributed by atoms with van der Waals surface area (Å²) >= 11 is 0. The van der Waals surface area contributed by atoms with E-state index < -0.39 is 0 Å². The lowest BCUT2D eigenvalue weighted by molar-refractivity contribution is 0.117. The maximum Gasteiger partial charge on any atom is 0.203 e. The zero-order chi connectivity index (χ0) is 18.8. The van der Waals surface area contributed by atoms with Gasteiger partial charge in [-0.3, -0.25) is 4.99 Å². The van der Waals surface area contributed by atoms with Crippen molar-refractivity contribution in [1.82, 2.24) is 10.6 Å². The Balaban J connectivity index is 0.00000364. The molecule has 1 aliphatic heterocycles. The van der Waals surface area contributed by atoms with E-state index >= 15 is 0 Å². The minimum absolute atomic E-state index is 0. The van der Waals surface area contributed by atoms with E-state index in [1.54, 1.807) is 21.3 Å². The van der Waals surface area contributed by atoms with Gasteiger partial charge in [-0.05, 0) is 32.3 Å². The first-order valence-electron chi connectivity index (χ1n) is 9.15. The minimum atomic E-state index is 0. The molecule has 0 bridgehead atoms. The van der Waals surface area contributed by atoms with Gasteiger partial charge in [-0.2, -0.15) is 0 Å². The Morgan fingerprint density at radius 1 is 1.15 bits per heavy atom. The van der Waals surface area contributed by atoms with Crippen LogP contribution in [0.25, 0.3) is 0 Å². The SMILES string of the molecule is CCNC(=NCC1CCCO1)NCCc1ccc(OC)c(OC)c1OC.I. The third kappa shape index (κ3) is 6.91. The second-order valence-electron chi connectivity index (χ2n) is 6.02. The third-order valence-corrected chi connectivity index (χ3v) is 4.29. The van der Waals surface area contributed by atoms with Crippen molar-refractivity contribution in [3.8, 4) is 17.2 Å². The molecule has 1 heterocycles. The van der Waals surface area contributed by atoms with Crippen molar-refractivity contribution < 1.29 is 18.9 Å². The summed E-state index contributed by atoms with van der Waals surface area (Å²) < 4.78 is 21.9. The van der Waals surface area contributed by atoms with Crippen LogP contribution >= 0.6 is 24.0 Å². The Kier molecular flexibility index (Phi) is 11.3. The fourth-order valence-corrected chi connectivity index (χ4v) is 3.00. The number of hydrogen-bond acceptors (Lipinski definition) is 5. The van der Waals surface area contributed by atoms with E-state index in [2.05, 4.69) is 22.5 Å². The van der Waals surface area contributed by atoms with Crippen LogP contribution in [0.4, 0.5) is 0 Å². The molecule has 7 nitrogen and oxygen atoms in total. The maximum absolute atomic E-state index is 5.63. The fourth-order valence-electron chi connectivity index (χ4n) is 3.00. The first kappa shape index (κ1) is 23.6. The van der Waals surface area contributed by atoms with Crippen molar-refractivity contribution in [2.75, 3.05) is 47.6 Å². The van der Waals surface area contributed by atoms with E-state index in [9.17, 15) is 0 Å². The van der Waals surface area contributed by atoms with Crippen molar-refractivity contribution in [1.29, 1.82) is 0 Å². The molecule has 1 aliphatic rings. The molecule has 1 atom stereocenters. The van der Waals surface area contributed by atoms with Crippen molar-refractivity contribution >= 4 is 29.9 Å². The molecule has 0 aliphatic carbocycles. The average Bonchev–Trinajstić information content (AvgIpc) is 3.18. The van der Waals surface area contributed by atoms with E-state index in [0.717, 1.165) is 50.5 Å². The molecule has 154 valence electrons. The molecule has 0 spiro atoms. The summed E-state index contributed by atoms with van der Waals surface area (Å²) in [5, 5.41) is 6.64. The van der Waals surface area contributed by atoms with E-state index in [1.165, 1.54) is 0 Å². The van der Waals surface area contributed by atoms with Crippen LogP contribution in [-0.4, -0.2) is 59.6 Å². The van der Waals surface area contributed by atoms with Gasteiger partial charge in [0.1, 0.15) is 0 Å². The average molecular weight is 493 g/mol. The molecule has 8 heteroatoms. The van der Waals surface area contributed by atoms with Gasteiger partial charge in [0.15, 0.2) is 17.5 Å². The molecule has 0 amide bonds. The van der Waals surface area contributed by atoms with Crippen molar-refractivity contribution in [2.45, 2.75) is 32.3 Å². The van der Waals surface area contributed by atoms with Crippen LogP contribution in [0.15, 0.2) is 17.1 Å².